The lowest BCUT2D eigenvalue weighted by Crippen LogP contribution is -2.32. The van der Waals surface area contributed by atoms with Gasteiger partial charge in [0.2, 0.25) is 9.71 Å². The molecule has 8 nitrogen and oxygen atoms in total. The van der Waals surface area contributed by atoms with Crippen molar-refractivity contribution in [1.82, 2.24) is 29.4 Å². The Morgan fingerprint density at radius 1 is 1.26 bits per heavy atom. The minimum Gasteiger partial charge on any atom is -0.463 e. The van der Waals surface area contributed by atoms with Gasteiger partial charge < -0.3 is 9.47 Å². The Morgan fingerprint density at radius 2 is 2.00 bits per heavy atom. The van der Waals surface area contributed by atoms with Gasteiger partial charge >= 0.3 is 6.18 Å². The standard InChI is InChI=1S/C15H16F3IN6O2/c1-4-26-9(3)24-7-10(5-21-24)12-13(27-8(2)15(16,17)18)25-11(6-20-12)22-14(19)23-25/h5-9H,4H2,1-3H3/t8-,9?/m0/s1. The number of fused-ring (bicyclic) bond motifs is 1. The van der Waals surface area contributed by atoms with Gasteiger partial charge in [0.15, 0.2) is 11.8 Å². The Balaban J connectivity index is 2.08. The summed E-state index contributed by atoms with van der Waals surface area (Å²) in [6.45, 7) is 5.08. The first-order valence-corrected chi connectivity index (χ1v) is 9.09. The topological polar surface area (TPSA) is 79.4 Å². The zero-order chi connectivity index (χ0) is 19.8. The van der Waals surface area contributed by atoms with E-state index in [1.165, 1.54) is 16.9 Å². The first kappa shape index (κ1) is 19.8. The van der Waals surface area contributed by atoms with Crippen LogP contribution in [-0.2, 0) is 4.74 Å². The highest BCUT2D eigenvalue weighted by molar-refractivity contribution is 14.1. The molecule has 0 aliphatic carbocycles. The van der Waals surface area contributed by atoms with Crippen molar-refractivity contribution in [3.63, 3.8) is 0 Å². The molecule has 0 saturated carbocycles. The Bertz CT molecular complexity index is 941. The second kappa shape index (κ2) is 7.58. The highest BCUT2D eigenvalue weighted by Gasteiger charge is 2.39. The van der Waals surface area contributed by atoms with Gasteiger partial charge in [0, 0.05) is 41.0 Å². The number of hydrogen-bond acceptors (Lipinski definition) is 6. The van der Waals surface area contributed by atoms with Crippen molar-refractivity contribution in [2.75, 3.05) is 6.61 Å². The van der Waals surface area contributed by atoms with E-state index in [4.69, 9.17) is 9.47 Å². The Labute approximate surface area is 165 Å². The largest absolute Gasteiger partial charge is 0.463 e. The number of halogens is 4. The van der Waals surface area contributed by atoms with Crippen LogP contribution in [0, 0.1) is 3.83 Å². The normalized spacial score (nSPS) is 14.5. The molecule has 0 aromatic carbocycles. The first-order valence-electron chi connectivity index (χ1n) is 8.01. The maximum absolute atomic E-state index is 13.0. The van der Waals surface area contributed by atoms with Crippen LogP contribution < -0.4 is 4.74 Å². The molecule has 0 aliphatic heterocycles. The minimum atomic E-state index is -4.54. The maximum atomic E-state index is 13.0. The number of aromatic nitrogens is 6. The molecule has 3 aromatic rings. The van der Waals surface area contributed by atoms with Crippen LogP contribution in [0.1, 0.15) is 27.0 Å². The van der Waals surface area contributed by atoms with E-state index in [2.05, 4.69) is 20.2 Å². The van der Waals surface area contributed by atoms with E-state index >= 15 is 0 Å². The fourth-order valence-corrected chi connectivity index (χ4v) is 2.79. The van der Waals surface area contributed by atoms with Crippen LogP contribution >= 0.6 is 22.6 Å². The van der Waals surface area contributed by atoms with Crippen LogP contribution in [0.5, 0.6) is 5.88 Å². The van der Waals surface area contributed by atoms with E-state index in [9.17, 15) is 13.2 Å². The van der Waals surface area contributed by atoms with Gasteiger partial charge in [-0.2, -0.15) is 22.8 Å². The molecule has 0 fully saturated rings. The summed E-state index contributed by atoms with van der Waals surface area (Å²) >= 11 is 1.87. The molecule has 0 aliphatic rings. The summed E-state index contributed by atoms with van der Waals surface area (Å²) in [6, 6.07) is 0. The van der Waals surface area contributed by atoms with Gasteiger partial charge in [-0.1, -0.05) is 0 Å². The lowest BCUT2D eigenvalue weighted by atomic mass is 10.2. The van der Waals surface area contributed by atoms with Crippen LogP contribution in [-0.4, -0.2) is 48.2 Å². The molecular formula is C15H16F3IN6O2. The Morgan fingerprint density at radius 3 is 2.67 bits per heavy atom. The van der Waals surface area contributed by atoms with Crippen molar-refractivity contribution in [3.8, 4) is 17.1 Å². The van der Waals surface area contributed by atoms with Crippen molar-refractivity contribution < 1.29 is 22.6 Å². The number of alkyl halides is 3. The van der Waals surface area contributed by atoms with Crippen LogP contribution in [0.15, 0.2) is 18.6 Å². The first-order chi connectivity index (χ1) is 12.7. The van der Waals surface area contributed by atoms with Gasteiger partial charge in [0.05, 0.1) is 12.4 Å². The summed E-state index contributed by atoms with van der Waals surface area (Å²) in [6.07, 6.45) is -2.40. The number of ether oxygens (including phenoxy) is 2. The summed E-state index contributed by atoms with van der Waals surface area (Å²) in [4.78, 5) is 8.34. The van der Waals surface area contributed by atoms with E-state index in [1.54, 1.807) is 17.8 Å². The number of hydrogen-bond donors (Lipinski definition) is 0. The quantitative estimate of drug-likeness (QED) is 0.487. The highest BCUT2D eigenvalue weighted by atomic mass is 127. The van der Waals surface area contributed by atoms with Crippen LogP contribution in [0.2, 0.25) is 0 Å². The van der Waals surface area contributed by atoms with Crippen LogP contribution in [0.4, 0.5) is 13.2 Å². The van der Waals surface area contributed by atoms with Gasteiger partial charge in [-0.05, 0) is 20.8 Å². The van der Waals surface area contributed by atoms with Crippen molar-refractivity contribution in [2.24, 2.45) is 0 Å². The van der Waals surface area contributed by atoms with Gasteiger partial charge in [-0.15, -0.1) is 5.10 Å². The molecule has 3 heterocycles. The zero-order valence-electron chi connectivity index (χ0n) is 14.6. The van der Waals surface area contributed by atoms with Crippen LogP contribution in [0.25, 0.3) is 16.9 Å². The molecule has 146 valence electrons. The molecule has 3 rings (SSSR count). The predicted molar refractivity (Wildman–Crippen MR) is 97.2 cm³/mol. The molecule has 0 saturated heterocycles. The molecule has 27 heavy (non-hydrogen) atoms. The van der Waals surface area contributed by atoms with E-state index < -0.39 is 12.3 Å². The van der Waals surface area contributed by atoms with E-state index in [1.807, 2.05) is 29.5 Å². The fraction of sp³-hybridized carbons (Fsp3) is 0.467. The monoisotopic (exact) mass is 496 g/mol. The summed E-state index contributed by atoms with van der Waals surface area (Å²) in [5, 5.41) is 8.31. The van der Waals surface area contributed by atoms with Gasteiger partial charge in [-0.3, -0.25) is 0 Å². The Kier molecular flexibility index (Phi) is 5.55. The van der Waals surface area contributed by atoms with Gasteiger partial charge in [0.25, 0.3) is 0 Å². The maximum Gasteiger partial charge on any atom is 0.425 e. The highest BCUT2D eigenvalue weighted by Crippen LogP contribution is 2.32. The molecule has 12 heteroatoms. The van der Waals surface area contributed by atoms with E-state index in [0.29, 0.717) is 16.0 Å². The molecule has 0 spiro atoms. The zero-order valence-corrected chi connectivity index (χ0v) is 16.8. The molecule has 0 amide bonds. The fourth-order valence-electron chi connectivity index (χ4n) is 2.32. The van der Waals surface area contributed by atoms with Crippen molar-refractivity contribution in [3.05, 3.63) is 22.4 Å². The second-order valence-electron chi connectivity index (χ2n) is 5.63. The SMILES string of the molecule is CCOC(C)n1cc(-c2ncc3nc(I)nn3c2O[C@@H](C)C(F)(F)F)cn1. The third-order valence-corrected chi connectivity index (χ3v) is 4.17. The summed E-state index contributed by atoms with van der Waals surface area (Å²) < 4.78 is 52.9. The lowest BCUT2D eigenvalue weighted by Gasteiger charge is -2.19. The molecular weight excluding hydrogens is 480 g/mol. The molecule has 3 aromatic heterocycles. The average molecular weight is 496 g/mol. The van der Waals surface area contributed by atoms with Gasteiger partial charge in [0.1, 0.15) is 11.9 Å². The molecule has 2 atom stereocenters. The van der Waals surface area contributed by atoms with Crippen molar-refractivity contribution in [1.29, 1.82) is 0 Å². The van der Waals surface area contributed by atoms with Gasteiger partial charge in [-0.25, -0.2) is 14.6 Å². The minimum absolute atomic E-state index is 0.156. The molecule has 0 bridgehead atoms. The van der Waals surface area contributed by atoms with E-state index in [0.717, 1.165) is 6.92 Å². The van der Waals surface area contributed by atoms with E-state index in [-0.39, 0.29) is 23.4 Å². The third kappa shape index (κ3) is 4.15. The Hall–Kier alpha value is -1.96. The molecule has 0 N–H and O–H groups in total. The predicted octanol–water partition coefficient (Wildman–Crippen LogP) is 3.48. The molecule has 0 radical (unpaired) electrons. The number of rotatable bonds is 6. The lowest BCUT2D eigenvalue weighted by molar-refractivity contribution is -0.190. The molecule has 1 unspecified atom stereocenters. The van der Waals surface area contributed by atoms with Crippen molar-refractivity contribution >= 4 is 28.2 Å². The van der Waals surface area contributed by atoms with Crippen LogP contribution in [0.3, 0.4) is 0 Å². The average Bonchev–Trinajstić information content (AvgIpc) is 3.20. The third-order valence-electron chi connectivity index (χ3n) is 3.72. The summed E-state index contributed by atoms with van der Waals surface area (Å²) in [5.74, 6) is -0.156. The number of nitrogens with zero attached hydrogens (tertiary/aromatic N) is 6. The smallest absolute Gasteiger partial charge is 0.425 e. The second-order valence-corrected chi connectivity index (χ2v) is 6.59. The summed E-state index contributed by atoms with van der Waals surface area (Å²) in [7, 11) is 0. The van der Waals surface area contributed by atoms with Crippen molar-refractivity contribution in [2.45, 2.75) is 39.3 Å². The summed E-state index contributed by atoms with van der Waals surface area (Å²) in [5.41, 5.74) is 0.927.